The normalized spacial score (nSPS) is 11.1. The Morgan fingerprint density at radius 2 is 2.00 bits per heavy atom. The Balaban J connectivity index is 1.77. The third kappa shape index (κ3) is 3.92. The van der Waals surface area contributed by atoms with Gasteiger partial charge in [-0.05, 0) is 36.4 Å². The van der Waals surface area contributed by atoms with E-state index in [2.05, 4.69) is 4.98 Å². The first-order valence-electron chi connectivity index (χ1n) is 9.05. The highest BCUT2D eigenvalue weighted by molar-refractivity contribution is 7.98. The molecule has 0 atom stereocenters. The number of thioether (sulfide) groups is 1. The summed E-state index contributed by atoms with van der Waals surface area (Å²) in [5.74, 6) is -1.83. The molecule has 0 aliphatic rings. The molecule has 0 aliphatic carbocycles. The van der Waals surface area contributed by atoms with Crippen LogP contribution in [-0.2, 0) is 5.75 Å². The lowest BCUT2D eigenvalue weighted by Crippen LogP contribution is -2.34. The maximum atomic E-state index is 14.6. The van der Waals surface area contributed by atoms with E-state index in [1.54, 1.807) is 0 Å². The van der Waals surface area contributed by atoms with Crippen LogP contribution < -0.4 is 16.0 Å². The van der Waals surface area contributed by atoms with Gasteiger partial charge < -0.3 is 14.8 Å². The number of benzene rings is 2. The zero-order valence-corrected chi connectivity index (χ0v) is 18.0. The van der Waals surface area contributed by atoms with Gasteiger partial charge in [0.2, 0.25) is 0 Å². The van der Waals surface area contributed by atoms with Gasteiger partial charge >= 0.3 is 11.7 Å². The van der Waals surface area contributed by atoms with E-state index in [0.29, 0.717) is 20.8 Å². The molecule has 2 aromatic heterocycles. The van der Waals surface area contributed by atoms with Crippen LogP contribution in [0.3, 0.4) is 0 Å². The second kappa shape index (κ2) is 8.60. The molecular formula is C21H14F2N2O5S2. The number of hydrogen-bond acceptors (Lipinski definition) is 6. The summed E-state index contributed by atoms with van der Waals surface area (Å²) >= 11 is 2.01. The quantitative estimate of drug-likeness (QED) is 0.408. The van der Waals surface area contributed by atoms with Crippen LogP contribution in [-0.4, -0.2) is 27.7 Å². The second-order valence-electron chi connectivity index (χ2n) is 6.59. The van der Waals surface area contributed by atoms with Crippen molar-refractivity contribution in [2.75, 3.05) is 7.11 Å². The number of aromatic carboxylic acids is 1. The largest absolute Gasteiger partial charge is 0.496 e. The number of carbonyl (C=O) groups is 1. The minimum Gasteiger partial charge on any atom is -0.496 e. The number of methoxy groups -OCH3 is 1. The molecule has 0 aliphatic heterocycles. The molecule has 2 aromatic carbocycles. The number of ether oxygens (including phenoxy) is 1. The molecule has 0 saturated heterocycles. The molecule has 164 valence electrons. The summed E-state index contributed by atoms with van der Waals surface area (Å²) in [6.45, 7) is 0. The van der Waals surface area contributed by atoms with Crippen molar-refractivity contribution in [3.8, 4) is 11.4 Å². The van der Waals surface area contributed by atoms with Crippen LogP contribution >= 0.6 is 23.1 Å². The molecule has 0 saturated carbocycles. The number of nitrogens with zero attached hydrogens (tertiary/aromatic N) is 1. The average molecular weight is 476 g/mol. The summed E-state index contributed by atoms with van der Waals surface area (Å²) < 4.78 is 34.0. The molecule has 7 nitrogen and oxygen atoms in total. The topological polar surface area (TPSA) is 101 Å². The van der Waals surface area contributed by atoms with Gasteiger partial charge in [0.1, 0.15) is 22.3 Å². The summed E-state index contributed by atoms with van der Waals surface area (Å²) in [6, 6.07) is 7.96. The zero-order chi connectivity index (χ0) is 23.0. The van der Waals surface area contributed by atoms with E-state index >= 15 is 0 Å². The van der Waals surface area contributed by atoms with Crippen LogP contribution in [0.25, 0.3) is 16.6 Å². The van der Waals surface area contributed by atoms with E-state index in [9.17, 15) is 28.3 Å². The number of carboxylic acid groups (broad SMARTS) is 1. The van der Waals surface area contributed by atoms with Gasteiger partial charge in [0.25, 0.3) is 5.56 Å². The predicted octanol–water partition coefficient (Wildman–Crippen LogP) is 4.02. The number of halogens is 2. The van der Waals surface area contributed by atoms with Crippen LogP contribution in [0.5, 0.6) is 5.75 Å². The fourth-order valence-electron chi connectivity index (χ4n) is 3.19. The number of aromatic nitrogens is 2. The fraction of sp³-hybridized carbons (Fsp3) is 0.0952. The lowest BCUT2D eigenvalue weighted by Gasteiger charge is -2.11. The van der Waals surface area contributed by atoms with E-state index in [1.165, 1.54) is 54.6 Å². The maximum Gasteiger partial charge on any atom is 0.346 e. The summed E-state index contributed by atoms with van der Waals surface area (Å²) in [4.78, 5) is 39.6. The Morgan fingerprint density at radius 1 is 1.22 bits per heavy atom. The third-order valence-corrected chi connectivity index (χ3v) is 6.65. The molecule has 4 rings (SSSR count). The summed E-state index contributed by atoms with van der Waals surface area (Å²) in [5, 5.41) is 10.5. The molecule has 0 unspecified atom stereocenters. The van der Waals surface area contributed by atoms with Crippen molar-refractivity contribution >= 4 is 40.0 Å². The molecule has 0 fully saturated rings. The fourth-order valence-corrected chi connectivity index (χ4v) is 4.92. The Morgan fingerprint density at radius 3 is 2.72 bits per heavy atom. The SMILES string of the molecule is COc1ccc(F)cc1CSc1ccc(F)c(-n2c(=O)[nH]c3csc(C(=O)O)c3c2=O)c1. The number of H-pyrrole nitrogens is 1. The smallest absolute Gasteiger partial charge is 0.346 e. The molecule has 11 heteroatoms. The van der Waals surface area contributed by atoms with Crippen molar-refractivity contribution in [2.24, 2.45) is 0 Å². The molecule has 4 aromatic rings. The van der Waals surface area contributed by atoms with Crippen molar-refractivity contribution in [1.29, 1.82) is 0 Å². The van der Waals surface area contributed by atoms with Gasteiger partial charge in [0.15, 0.2) is 0 Å². The summed E-state index contributed by atoms with van der Waals surface area (Å²) in [5.41, 5.74) is -1.51. The Labute approximate surface area is 186 Å². The highest BCUT2D eigenvalue weighted by atomic mass is 32.2. The van der Waals surface area contributed by atoms with Gasteiger partial charge in [-0.3, -0.25) is 4.79 Å². The first-order valence-corrected chi connectivity index (χ1v) is 10.9. The van der Waals surface area contributed by atoms with Gasteiger partial charge in [-0.15, -0.1) is 23.1 Å². The van der Waals surface area contributed by atoms with Crippen LogP contribution in [0.1, 0.15) is 15.2 Å². The predicted molar refractivity (Wildman–Crippen MR) is 117 cm³/mol. The minimum absolute atomic E-state index is 0.0720. The van der Waals surface area contributed by atoms with Crippen molar-refractivity contribution in [1.82, 2.24) is 9.55 Å². The molecule has 2 heterocycles. The number of thiophene rings is 1. The molecule has 32 heavy (non-hydrogen) atoms. The highest BCUT2D eigenvalue weighted by Gasteiger charge is 2.20. The van der Waals surface area contributed by atoms with E-state index in [-0.39, 0.29) is 27.2 Å². The number of fused-ring (bicyclic) bond motifs is 1. The standard InChI is InChI=1S/C21H14F2N2O5S2/c1-30-16-5-2-11(22)6-10(16)8-31-12-3-4-13(23)15(7-12)25-19(26)17-14(24-21(25)29)9-32-18(17)20(27)28/h2-7,9H,8H2,1H3,(H,24,29)(H,27,28). The Bertz CT molecular complexity index is 1480. The average Bonchev–Trinajstić information content (AvgIpc) is 3.18. The molecule has 2 N–H and O–H groups in total. The first kappa shape index (κ1) is 21.8. The van der Waals surface area contributed by atoms with Gasteiger partial charge in [0, 0.05) is 21.6 Å². The second-order valence-corrected chi connectivity index (χ2v) is 8.52. The lowest BCUT2D eigenvalue weighted by molar-refractivity contribution is 0.0704. The van der Waals surface area contributed by atoms with Crippen LogP contribution in [0.15, 0.2) is 56.3 Å². The van der Waals surface area contributed by atoms with Crippen LogP contribution in [0, 0.1) is 11.6 Å². The Hall–Kier alpha value is -3.44. The van der Waals surface area contributed by atoms with E-state index in [0.717, 1.165) is 17.4 Å². The zero-order valence-electron chi connectivity index (χ0n) is 16.3. The van der Waals surface area contributed by atoms with Gasteiger partial charge in [-0.2, -0.15) is 0 Å². The lowest BCUT2D eigenvalue weighted by atomic mass is 10.2. The molecule has 0 radical (unpaired) electrons. The molecule has 0 bridgehead atoms. The number of hydrogen-bond donors (Lipinski definition) is 2. The molecule has 0 amide bonds. The number of rotatable bonds is 6. The summed E-state index contributed by atoms with van der Waals surface area (Å²) in [7, 11) is 1.46. The van der Waals surface area contributed by atoms with Crippen LogP contribution in [0.2, 0.25) is 0 Å². The van der Waals surface area contributed by atoms with Gasteiger partial charge in [-0.25, -0.2) is 22.9 Å². The number of nitrogens with one attached hydrogen (secondary N) is 1. The Kier molecular flexibility index (Phi) is 5.85. The van der Waals surface area contributed by atoms with Crippen molar-refractivity contribution < 1.29 is 23.4 Å². The minimum atomic E-state index is -1.32. The van der Waals surface area contributed by atoms with Crippen molar-refractivity contribution in [3.63, 3.8) is 0 Å². The van der Waals surface area contributed by atoms with Crippen LogP contribution in [0.4, 0.5) is 8.78 Å². The van der Waals surface area contributed by atoms with E-state index in [1.807, 2.05) is 0 Å². The van der Waals surface area contributed by atoms with Crippen molar-refractivity contribution in [3.05, 3.63) is 84.7 Å². The number of aromatic amines is 1. The van der Waals surface area contributed by atoms with E-state index < -0.39 is 28.9 Å². The monoisotopic (exact) mass is 476 g/mol. The van der Waals surface area contributed by atoms with Crippen molar-refractivity contribution in [2.45, 2.75) is 10.6 Å². The highest BCUT2D eigenvalue weighted by Crippen LogP contribution is 2.30. The third-order valence-electron chi connectivity index (χ3n) is 4.64. The van der Waals surface area contributed by atoms with Gasteiger partial charge in [0.05, 0.1) is 23.7 Å². The maximum absolute atomic E-state index is 14.6. The summed E-state index contributed by atoms with van der Waals surface area (Å²) in [6.07, 6.45) is 0. The van der Waals surface area contributed by atoms with E-state index in [4.69, 9.17) is 4.74 Å². The van der Waals surface area contributed by atoms with Gasteiger partial charge in [-0.1, -0.05) is 0 Å². The molecular weight excluding hydrogens is 462 g/mol. The first-order chi connectivity index (χ1) is 15.3. The molecule has 0 spiro atoms. The number of carboxylic acids is 1.